The molecular formula is C11H24N2O. The highest BCUT2D eigenvalue weighted by atomic mass is 16.5. The molecule has 0 aliphatic heterocycles. The minimum absolute atomic E-state index is 0.779. The molecule has 0 spiro atoms. The Hall–Kier alpha value is -0.540. The molecule has 14 heavy (non-hydrogen) atoms. The molecule has 0 aliphatic rings. The van der Waals surface area contributed by atoms with Crippen molar-refractivity contribution in [3.05, 3.63) is 12.3 Å². The van der Waals surface area contributed by atoms with Crippen LogP contribution in [0.1, 0.15) is 20.3 Å². The van der Waals surface area contributed by atoms with E-state index in [-0.39, 0.29) is 0 Å². The highest BCUT2D eigenvalue weighted by molar-refractivity contribution is 4.90. The third-order valence-electron chi connectivity index (χ3n) is 2.19. The Morgan fingerprint density at radius 3 is 2.64 bits per heavy atom. The molecule has 3 nitrogen and oxygen atoms in total. The van der Waals surface area contributed by atoms with E-state index >= 15 is 0 Å². The number of rotatable bonds is 9. The van der Waals surface area contributed by atoms with Crippen LogP contribution in [0.3, 0.4) is 0 Å². The topological polar surface area (TPSA) is 24.5 Å². The Kier molecular flexibility index (Phi) is 8.68. The molecule has 0 radical (unpaired) electrons. The lowest BCUT2D eigenvalue weighted by Crippen LogP contribution is -2.24. The van der Waals surface area contributed by atoms with Crippen LogP contribution in [0.15, 0.2) is 12.3 Å². The van der Waals surface area contributed by atoms with Gasteiger partial charge in [-0.2, -0.15) is 0 Å². The maximum atomic E-state index is 5.46. The van der Waals surface area contributed by atoms with Gasteiger partial charge in [0, 0.05) is 25.8 Å². The minimum Gasteiger partial charge on any atom is -0.378 e. The molecule has 0 unspecified atom stereocenters. The lowest BCUT2D eigenvalue weighted by Gasteiger charge is -2.20. The van der Waals surface area contributed by atoms with Crippen molar-refractivity contribution in [1.29, 1.82) is 0 Å². The Bertz CT molecular complexity index is 148. The second-order valence-electron chi connectivity index (χ2n) is 3.31. The normalized spacial score (nSPS) is 10.2. The van der Waals surface area contributed by atoms with Gasteiger partial charge in [-0.05, 0) is 13.0 Å². The Balaban J connectivity index is 3.23. The van der Waals surface area contributed by atoms with E-state index in [0.29, 0.717) is 0 Å². The van der Waals surface area contributed by atoms with Gasteiger partial charge in [-0.1, -0.05) is 20.4 Å². The lowest BCUT2D eigenvalue weighted by atomic mass is 10.3. The van der Waals surface area contributed by atoms with Gasteiger partial charge in [0.05, 0.1) is 13.2 Å². The van der Waals surface area contributed by atoms with Gasteiger partial charge in [-0.25, -0.2) is 0 Å². The lowest BCUT2D eigenvalue weighted by molar-refractivity contribution is 0.120. The Morgan fingerprint density at radius 2 is 2.07 bits per heavy atom. The zero-order valence-corrected chi connectivity index (χ0v) is 9.81. The van der Waals surface area contributed by atoms with Crippen molar-refractivity contribution < 1.29 is 4.74 Å². The van der Waals surface area contributed by atoms with Crippen LogP contribution in [-0.4, -0.2) is 44.8 Å². The van der Waals surface area contributed by atoms with E-state index in [1.807, 2.05) is 0 Å². The molecule has 0 saturated carbocycles. The van der Waals surface area contributed by atoms with Crippen molar-refractivity contribution >= 4 is 0 Å². The highest BCUT2D eigenvalue weighted by Gasteiger charge is 1.98. The maximum Gasteiger partial charge on any atom is 0.0642 e. The SMILES string of the molecule is C=C(CC)N(C)CCOCCNCC. The molecule has 0 heterocycles. The number of nitrogens with one attached hydrogen (secondary N) is 1. The molecule has 0 aromatic heterocycles. The molecule has 0 aliphatic carbocycles. The highest BCUT2D eigenvalue weighted by Crippen LogP contribution is 2.01. The van der Waals surface area contributed by atoms with E-state index in [1.54, 1.807) is 0 Å². The van der Waals surface area contributed by atoms with Gasteiger partial charge >= 0.3 is 0 Å². The summed E-state index contributed by atoms with van der Waals surface area (Å²) in [5, 5.41) is 3.21. The summed E-state index contributed by atoms with van der Waals surface area (Å²) in [6.45, 7) is 12.6. The smallest absolute Gasteiger partial charge is 0.0642 e. The fourth-order valence-electron chi connectivity index (χ4n) is 1.05. The number of allylic oxidation sites excluding steroid dienone is 1. The summed E-state index contributed by atoms with van der Waals surface area (Å²) >= 11 is 0. The van der Waals surface area contributed by atoms with Crippen molar-refractivity contribution in [3.63, 3.8) is 0 Å². The zero-order chi connectivity index (χ0) is 10.8. The first-order chi connectivity index (χ1) is 6.72. The summed E-state index contributed by atoms with van der Waals surface area (Å²) < 4.78 is 5.46. The first kappa shape index (κ1) is 13.5. The Morgan fingerprint density at radius 1 is 1.36 bits per heavy atom. The first-order valence-electron chi connectivity index (χ1n) is 5.39. The molecule has 0 atom stereocenters. The van der Waals surface area contributed by atoms with Crippen LogP contribution < -0.4 is 5.32 Å². The molecule has 0 saturated heterocycles. The van der Waals surface area contributed by atoms with Crippen LogP contribution in [0.4, 0.5) is 0 Å². The van der Waals surface area contributed by atoms with Gasteiger partial charge in [-0.3, -0.25) is 0 Å². The number of hydrogen-bond acceptors (Lipinski definition) is 3. The van der Waals surface area contributed by atoms with E-state index in [0.717, 1.165) is 39.3 Å². The van der Waals surface area contributed by atoms with Crippen molar-refractivity contribution in [2.24, 2.45) is 0 Å². The summed E-state index contributed by atoms with van der Waals surface area (Å²) in [5.41, 5.74) is 1.17. The van der Waals surface area contributed by atoms with Gasteiger partial charge in [0.25, 0.3) is 0 Å². The van der Waals surface area contributed by atoms with Crippen molar-refractivity contribution in [2.45, 2.75) is 20.3 Å². The monoisotopic (exact) mass is 200 g/mol. The number of hydrogen-bond donors (Lipinski definition) is 1. The Labute approximate surface area is 88.1 Å². The van der Waals surface area contributed by atoms with Crippen LogP contribution in [0, 0.1) is 0 Å². The molecule has 84 valence electrons. The molecule has 0 bridgehead atoms. The van der Waals surface area contributed by atoms with Gasteiger partial charge in [0.1, 0.15) is 0 Å². The minimum atomic E-state index is 0.779. The van der Waals surface area contributed by atoms with E-state index in [4.69, 9.17) is 4.74 Å². The summed E-state index contributed by atoms with van der Waals surface area (Å²) in [4.78, 5) is 2.15. The second kappa shape index (κ2) is 9.03. The molecule has 3 heteroatoms. The third kappa shape index (κ3) is 6.92. The number of ether oxygens (including phenoxy) is 1. The molecule has 0 amide bonds. The van der Waals surface area contributed by atoms with Crippen LogP contribution >= 0.6 is 0 Å². The second-order valence-corrected chi connectivity index (χ2v) is 3.31. The van der Waals surface area contributed by atoms with Crippen molar-refractivity contribution in [2.75, 3.05) is 39.9 Å². The average Bonchev–Trinajstić information content (AvgIpc) is 2.21. The summed E-state index contributed by atoms with van der Waals surface area (Å²) in [6.07, 6.45) is 1.01. The largest absolute Gasteiger partial charge is 0.378 e. The van der Waals surface area contributed by atoms with Crippen molar-refractivity contribution in [3.8, 4) is 0 Å². The number of likely N-dealkylation sites (N-methyl/N-ethyl adjacent to an activating group) is 2. The van der Waals surface area contributed by atoms with Crippen LogP contribution in [-0.2, 0) is 4.74 Å². The predicted molar refractivity (Wildman–Crippen MR) is 61.4 cm³/mol. The van der Waals surface area contributed by atoms with Crippen LogP contribution in [0.2, 0.25) is 0 Å². The van der Waals surface area contributed by atoms with E-state index in [1.165, 1.54) is 5.70 Å². The van der Waals surface area contributed by atoms with Crippen LogP contribution in [0.25, 0.3) is 0 Å². The molecule has 0 rings (SSSR count). The third-order valence-corrected chi connectivity index (χ3v) is 2.19. The molecule has 0 fully saturated rings. The first-order valence-corrected chi connectivity index (χ1v) is 5.39. The quantitative estimate of drug-likeness (QED) is 0.570. The van der Waals surface area contributed by atoms with E-state index < -0.39 is 0 Å². The molecule has 0 aromatic carbocycles. The summed E-state index contributed by atoms with van der Waals surface area (Å²) in [6, 6.07) is 0. The molecular weight excluding hydrogens is 176 g/mol. The van der Waals surface area contributed by atoms with Crippen LogP contribution in [0.5, 0.6) is 0 Å². The van der Waals surface area contributed by atoms with E-state index in [9.17, 15) is 0 Å². The van der Waals surface area contributed by atoms with Gasteiger partial charge in [-0.15, -0.1) is 0 Å². The maximum absolute atomic E-state index is 5.46. The van der Waals surface area contributed by atoms with Gasteiger partial charge in [0.15, 0.2) is 0 Å². The van der Waals surface area contributed by atoms with Crippen molar-refractivity contribution in [1.82, 2.24) is 10.2 Å². The standard InChI is InChI=1S/C11H24N2O/c1-5-11(3)13(4)8-10-14-9-7-12-6-2/h12H,3,5-10H2,1-2,4H3. The van der Waals surface area contributed by atoms with E-state index in [2.05, 4.69) is 37.7 Å². The fraction of sp³-hybridized carbons (Fsp3) is 0.818. The van der Waals surface area contributed by atoms with Gasteiger partial charge in [0.2, 0.25) is 0 Å². The molecule has 1 N–H and O–H groups in total. The van der Waals surface area contributed by atoms with Gasteiger partial charge < -0.3 is 15.0 Å². The predicted octanol–water partition coefficient (Wildman–Crippen LogP) is 1.47. The molecule has 0 aromatic rings. The number of nitrogens with zero attached hydrogens (tertiary/aromatic N) is 1. The average molecular weight is 200 g/mol. The zero-order valence-electron chi connectivity index (χ0n) is 9.81. The summed E-state index contributed by atoms with van der Waals surface area (Å²) in [7, 11) is 2.06. The fourth-order valence-corrected chi connectivity index (χ4v) is 1.05. The summed E-state index contributed by atoms with van der Waals surface area (Å²) in [5.74, 6) is 0.